The fourth-order valence-corrected chi connectivity index (χ4v) is 2.77. The van der Waals surface area contributed by atoms with Crippen LogP contribution in [0.2, 0.25) is 0 Å². The Hall–Kier alpha value is -0.860. The normalized spacial score (nSPS) is 21.3. The first kappa shape index (κ1) is 14.5. The quantitative estimate of drug-likeness (QED) is 0.872. The van der Waals surface area contributed by atoms with Gasteiger partial charge in [-0.05, 0) is 55.9 Å². The molecule has 2 nitrogen and oxygen atoms in total. The van der Waals surface area contributed by atoms with E-state index in [4.69, 9.17) is 0 Å². The molecule has 19 heavy (non-hydrogen) atoms. The molecule has 0 aliphatic carbocycles. The second-order valence-electron chi connectivity index (χ2n) is 5.91. The van der Waals surface area contributed by atoms with E-state index < -0.39 is 0 Å². The van der Waals surface area contributed by atoms with Crippen molar-refractivity contribution in [1.82, 2.24) is 10.2 Å². The van der Waals surface area contributed by atoms with Crippen LogP contribution in [0.25, 0.3) is 0 Å². The van der Waals surface area contributed by atoms with Gasteiger partial charge in [0.2, 0.25) is 0 Å². The molecule has 1 heterocycles. The number of likely N-dealkylation sites (tertiary alicyclic amines) is 1. The van der Waals surface area contributed by atoms with Crippen molar-refractivity contribution in [2.45, 2.75) is 46.2 Å². The molecule has 1 aliphatic heterocycles. The molecule has 2 rings (SSSR count). The molecular weight excluding hydrogens is 232 g/mol. The molecule has 1 N–H and O–H groups in total. The maximum atomic E-state index is 3.37. The molecule has 0 bridgehead atoms. The molecule has 1 atom stereocenters. The Morgan fingerprint density at radius 2 is 1.84 bits per heavy atom. The highest BCUT2D eigenvalue weighted by atomic mass is 15.1. The topological polar surface area (TPSA) is 15.3 Å². The van der Waals surface area contributed by atoms with E-state index in [2.05, 4.69) is 48.3 Å². The Morgan fingerprint density at radius 1 is 1.11 bits per heavy atom. The van der Waals surface area contributed by atoms with Gasteiger partial charge < -0.3 is 5.32 Å². The van der Waals surface area contributed by atoms with E-state index in [1.165, 1.54) is 43.5 Å². The van der Waals surface area contributed by atoms with Crippen molar-refractivity contribution in [1.29, 1.82) is 0 Å². The van der Waals surface area contributed by atoms with Crippen LogP contribution in [-0.4, -0.2) is 24.5 Å². The monoisotopic (exact) mass is 260 g/mol. The second kappa shape index (κ2) is 7.66. The molecule has 1 aliphatic rings. The number of nitrogens with one attached hydrogen (secondary N) is 1. The first-order chi connectivity index (χ1) is 9.28. The molecule has 2 heteroatoms. The predicted molar refractivity (Wildman–Crippen MR) is 82.1 cm³/mol. The van der Waals surface area contributed by atoms with Crippen molar-refractivity contribution in [2.24, 2.45) is 5.92 Å². The van der Waals surface area contributed by atoms with E-state index in [-0.39, 0.29) is 0 Å². The lowest BCUT2D eigenvalue weighted by Crippen LogP contribution is -2.24. The standard InChI is InChI=1S/C17H28N2/c1-3-18-13-16-6-8-17(9-7-16)14-19-11-4-5-15(2)10-12-19/h6-9,15,18H,3-5,10-14H2,1-2H3. The zero-order valence-corrected chi connectivity index (χ0v) is 12.5. The van der Waals surface area contributed by atoms with Crippen LogP contribution in [0.5, 0.6) is 0 Å². The number of hydrogen-bond donors (Lipinski definition) is 1. The van der Waals surface area contributed by atoms with Crippen molar-refractivity contribution >= 4 is 0 Å². The molecule has 1 aromatic rings. The van der Waals surface area contributed by atoms with E-state index >= 15 is 0 Å². The minimum Gasteiger partial charge on any atom is -0.313 e. The molecule has 0 radical (unpaired) electrons. The van der Waals surface area contributed by atoms with Gasteiger partial charge >= 0.3 is 0 Å². The maximum absolute atomic E-state index is 3.37. The van der Waals surface area contributed by atoms with Crippen LogP contribution in [0, 0.1) is 5.92 Å². The Kier molecular flexibility index (Phi) is 5.87. The zero-order chi connectivity index (χ0) is 13.5. The summed E-state index contributed by atoms with van der Waals surface area (Å²) < 4.78 is 0. The highest BCUT2D eigenvalue weighted by molar-refractivity contribution is 5.22. The summed E-state index contributed by atoms with van der Waals surface area (Å²) in [6, 6.07) is 9.11. The minimum absolute atomic E-state index is 0.910. The first-order valence-corrected chi connectivity index (χ1v) is 7.79. The number of benzene rings is 1. The molecule has 0 spiro atoms. The van der Waals surface area contributed by atoms with Crippen molar-refractivity contribution in [3.05, 3.63) is 35.4 Å². The molecule has 1 aromatic carbocycles. The van der Waals surface area contributed by atoms with E-state index in [0.29, 0.717) is 0 Å². The molecule has 0 aromatic heterocycles. The Morgan fingerprint density at radius 3 is 2.58 bits per heavy atom. The summed E-state index contributed by atoms with van der Waals surface area (Å²) in [4.78, 5) is 2.61. The van der Waals surface area contributed by atoms with E-state index in [1.807, 2.05) is 0 Å². The molecule has 0 amide bonds. The van der Waals surface area contributed by atoms with Crippen LogP contribution in [0.4, 0.5) is 0 Å². The van der Waals surface area contributed by atoms with Gasteiger partial charge in [-0.1, -0.05) is 38.1 Å². The smallest absolute Gasteiger partial charge is 0.0233 e. The lowest BCUT2D eigenvalue weighted by Gasteiger charge is -2.20. The zero-order valence-electron chi connectivity index (χ0n) is 12.5. The third kappa shape index (κ3) is 4.96. The number of nitrogens with zero attached hydrogens (tertiary/aromatic N) is 1. The number of hydrogen-bond acceptors (Lipinski definition) is 2. The summed E-state index contributed by atoms with van der Waals surface area (Å²) in [6.45, 7) is 10.2. The largest absolute Gasteiger partial charge is 0.313 e. The van der Waals surface area contributed by atoms with Gasteiger partial charge in [-0.25, -0.2) is 0 Å². The van der Waals surface area contributed by atoms with Gasteiger partial charge in [-0.3, -0.25) is 4.90 Å². The highest BCUT2D eigenvalue weighted by Crippen LogP contribution is 2.18. The lowest BCUT2D eigenvalue weighted by molar-refractivity contribution is 0.273. The van der Waals surface area contributed by atoms with Gasteiger partial charge in [0.1, 0.15) is 0 Å². The Bertz CT molecular complexity index is 358. The van der Waals surface area contributed by atoms with Crippen molar-refractivity contribution in [2.75, 3.05) is 19.6 Å². The van der Waals surface area contributed by atoms with Crippen LogP contribution in [0.1, 0.15) is 44.2 Å². The SMILES string of the molecule is CCNCc1ccc(CN2CCCC(C)CC2)cc1. The fourth-order valence-electron chi connectivity index (χ4n) is 2.77. The van der Waals surface area contributed by atoms with E-state index in [0.717, 1.165) is 25.6 Å². The fraction of sp³-hybridized carbons (Fsp3) is 0.647. The molecular formula is C17H28N2. The van der Waals surface area contributed by atoms with Gasteiger partial charge in [0, 0.05) is 13.1 Å². The van der Waals surface area contributed by atoms with Crippen LogP contribution >= 0.6 is 0 Å². The molecule has 0 saturated carbocycles. The van der Waals surface area contributed by atoms with Gasteiger partial charge in [0.05, 0.1) is 0 Å². The summed E-state index contributed by atoms with van der Waals surface area (Å²) in [7, 11) is 0. The van der Waals surface area contributed by atoms with Crippen molar-refractivity contribution in [3.63, 3.8) is 0 Å². The van der Waals surface area contributed by atoms with Crippen LogP contribution in [0.15, 0.2) is 24.3 Å². The highest BCUT2D eigenvalue weighted by Gasteiger charge is 2.13. The summed E-state index contributed by atoms with van der Waals surface area (Å²) in [5.41, 5.74) is 2.84. The van der Waals surface area contributed by atoms with Crippen LogP contribution in [0.3, 0.4) is 0 Å². The van der Waals surface area contributed by atoms with Gasteiger partial charge in [0.25, 0.3) is 0 Å². The van der Waals surface area contributed by atoms with Crippen molar-refractivity contribution in [3.8, 4) is 0 Å². The van der Waals surface area contributed by atoms with Crippen molar-refractivity contribution < 1.29 is 0 Å². The minimum atomic E-state index is 0.910. The van der Waals surface area contributed by atoms with Crippen LogP contribution < -0.4 is 5.32 Å². The molecule has 1 fully saturated rings. The molecule has 1 unspecified atom stereocenters. The van der Waals surface area contributed by atoms with Gasteiger partial charge in [-0.15, -0.1) is 0 Å². The average Bonchev–Trinajstić information content (AvgIpc) is 2.63. The predicted octanol–water partition coefficient (Wildman–Crippen LogP) is 3.42. The van der Waals surface area contributed by atoms with Gasteiger partial charge in [0.15, 0.2) is 0 Å². The Labute approximate surface area is 118 Å². The third-order valence-corrected chi connectivity index (χ3v) is 4.12. The van der Waals surface area contributed by atoms with Crippen LogP contribution in [-0.2, 0) is 13.1 Å². The third-order valence-electron chi connectivity index (χ3n) is 4.12. The summed E-state index contributed by atoms with van der Waals surface area (Å²) in [5, 5.41) is 3.37. The number of rotatable bonds is 5. The summed E-state index contributed by atoms with van der Waals surface area (Å²) >= 11 is 0. The molecule has 1 saturated heterocycles. The average molecular weight is 260 g/mol. The maximum Gasteiger partial charge on any atom is 0.0233 e. The summed E-state index contributed by atoms with van der Waals surface area (Å²) in [6.07, 6.45) is 4.12. The first-order valence-electron chi connectivity index (χ1n) is 7.79. The second-order valence-corrected chi connectivity index (χ2v) is 5.91. The Balaban J connectivity index is 1.84. The molecule has 106 valence electrons. The van der Waals surface area contributed by atoms with E-state index in [1.54, 1.807) is 0 Å². The lowest BCUT2D eigenvalue weighted by atomic mass is 10.0. The van der Waals surface area contributed by atoms with Gasteiger partial charge in [-0.2, -0.15) is 0 Å². The summed E-state index contributed by atoms with van der Waals surface area (Å²) in [5.74, 6) is 0.910. The van der Waals surface area contributed by atoms with E-state index in [9.17, 15) is 0 Å².